The quantitative estimate of drug-likeness (QED) is 0.782. The number of nitrogens with one attached hydrogen (secondary N) is 1. The lowest BCUT2D eigenvalue weighted by Crippen LogP contribution is -2.14. The van der Waals surface area contributed by atoms with E-state index >= 15 is 0 Å². The number of rotatable bonds is 4. The monoisotopic (exact) mass is 266 g/mol. The number of benzene rings is 1. The highest BCUT2D eigenvalue weighted by Gasteiger charge is 2.08. The highest BCUT2D eigenvalue weighted by atomic mass is 16.3. The Labute approximate surface area is 118 Å². The van der Waals surface area contributed by atoms with Crippen molar-refractivity contribution in [1.29, 1.82) is 0 Å². The van der Waals surface area contributed by atoms with Gasteiger partial charge in [-0.15, -0.1) is 0 Å². The number of aromatic nitrogens is 1. The Morgan fingerprint density at radius 1 is 1.05 bits per heavy atom. The van der Waals surface area contributed by atoms with Crippen molar-refractivity contribution < 1.29 is 4.42 Å². The third-order valence-corrected chi connectivity index (χ3v) is 3.69. The number of pyridine rings is 1. The van der Waals surface area contributed by atoms with E-state index in [0.29, 0.717) is 0 Å². The number of hydrogen-bond acceptors (Lipinski definition) is 3. The summed E-state index contributed by atoms with van der Waals surface area (Å²) in [5.74, 6) is 0.956. The van der Waals surface area contributed by atoms with Gasteiger partial charge in [0, 0.05) is 17.6 Å². The van der Waals surface area contributed by atoms with E-state index in [1.54, 1.807) is 6.26 Å². The van der Waals surface area contributed by atoms with Gasteiger partial charge in [-0.1, -0.05) is 18.2 Å². The molecule has 3 heteroatoms. The van der Waals surface area contributed by atoms with E-state index < -0.39 is 0 Å². The molecule has 20 heavy (non-hydrogen) atoms. The fourth-order valence-electron chi connectivity index (χ4n) is 2.46. The van der Waals surface area contributed by atoms with Crippen LogP contribution >= 0.6 is 0 Å². The summed E-state index contributed by atoms with van der Waals surface area (Å²) in [5.41, 5.74) is 4.74. The third-order valence-electron chi connectivity index (χ3n) is 3.69. The molecule has 0 aliphatic heterocycles. The molecule has 1 N–H and O–H groups in total. The highest BCUT2D eigenvalue weighted by Crippen LogP contribution is 2.22. The fourth-order valence-corrected chi connectivity index (χ4v) is 2.46. The van der Waals surface area contributed by atoms with Crippen LogP contribution in [0.4, 0.5) is 0 Å². The van der Waals surface area contributed by atoms with Gasteiger partial charge < -0.3 is 9.73 Å². The third kappa shape index (κ3) is 2.45. The second-order valence-electron chi connectivity index (χ2n) is 5.00. The van der Waals surface area contributed by atoms with Crippen molar-refractivity contribution in [3.63, 3.8) is 0 Å². The Bertz CT molecular complexity index is 717. The summed E-state index contributed by atoms with van der Waals surface area (Å²) < 4.78 is 5.34. The SMILES string of the molecule is Cc1nc2ccccc2c(CNCc2ccco2)c1C. The van der Waals surface area contributed by atoms with Gasteiger partial charge in [0.15, 0.2) is 0 Å². The van der Waals surface area contributed by atoms with Crippen molar-refractivity contribution >= 4 is 10.9 Å². The standard InChI is InChI=1S/C17H18N2O/c1-12-13(2)19-17-8-4-3-7-15(17)16(12)11-18-10-14-6-5-9-20-14/h3-9,18H,10-11H2,1-2H3. The molecule has 0 aliphatic rings. The van der Waals surface area contributed by atoms with Crippen LogP contribution in [-0.4, -0.2) is 4.98 Å². The number of para-hydroxylation sites is 1. The van der Waals surface area contributed by atoms with Crippen LogP contribution in [0.1, 0.15) is 22.6 Å². The minimum atomic E-state index is 0.738. The van der Waals surface area contributed by atoms with Crippen LogP contribution in [0.5, 0.6) is 0 Å². The van der Waals surface area contributed by atoms with E-state index in [9.17, 15) is 0 Å². The van der Waals surface area contributed by atoms with Crippen LogP contribution in [0.2, 0.25) is 0 Å². The maximum atomic E-state index is 5.34. The molecule has 3 nitrogen and oxygen atoms in total. The second-order valence-corrected chi connectivity index (χ2v) is 5.00. The average molecular weight is 266 g/mol. The van der Waals surface area contributed by atoms with E-state index in [2.05, 4.69) is 42.3 Å². The molecular weight excluding hydrogens is 248 g/mol. The Balaban J connectivity index is 1.87. The molecule has 0 aliphatic carbocycles. The van der Waals surface area contributed by atoms with E-state index in [1.807, 2.05) is 18.2 Å². The molecule has 0 spiro atoms. The summed E-state index contributed by atoms with van der Waals surface area (Å²) in [7, 11) is 0. The molecule has 0 unspecified atom stereocenters. The summed E-state index contributed by atoms with van der Waals surface area (Å²) >= 11 is 0. The maximum Gasteiger partial charge on any atom is 0.117 e. The zero-order chi connectivity index (χ0) is 13.9. The first-order valence-electron chi connectivity index (χ1n) is 6.83. The molecule has 1 aromatic carbocycles. The van der Waals surface area contributed by atoms with Crippen molar-refractivity contribution in [1.82, 2.24) is 10.3 Å². The van der Waals surface area contributed by atoms with E-state index in [-0.39, 0.29) is 0 Å². The molecule has 0 saturated heterocycles. The van der Waals surface area contributed by atoms with Gasteiger partial charge in [0.1, 0.15) is 5.76 Å². The van der Waals surface area contributed by atoms with Gasteiger partial charge in [-0.25, -0.2) is 0 Å². The Kier molecular flexibility index (Phi) is 3.52. The second kappa shape index (κ2) is 5.47. The predicted octanol–water partition coefficient (Wildman–Crippen LogP) is 3.73. The number of furan rings is 1. The number of aryl methyl sites for hydroxylation is 1. The smallest absolute Gasteiger partial charge is 0.117 e. The van der Waals surface area contributed by atoms with Gasteiger partial charge in [0.25, 0.3) is 0 Å². The minimum absolute atomic E-state index is 0.738. The fraction of sp³-hybridized carbons (Fsp3) is 0.235. The predicted molar refractivity (Wildman–Crippen MR) is 80.5 cm³/mol. The zero-order valence-corrected chi connectivity index (χ0v) is 11.8. The molecule has 0 amide bonds. The summed E-state index contributed by atoms with van der Waals surface area (Å²) in [4.78, 5) is 4.65. The number of hydrogen-bond donors (Lipinski definition) is 1. The minimum Gasteiger partial charge on any atom is -0.468 e. The average Bonchev–Trinajstić information content (AvgIpc) is 2.96. The van der Waals surface area contributed by atoms with Crippen molar-refractivity contribution in [2.75, 3.05) is 0 Å². The van der Waals surface area contributed by atoms with Crippen molar-refractivity contribution in [3.8, 4) is 0 Å². The summed E-state index contributed by atoms with van der Waals surface area (Å²) in [6, 6.07) is 12.2. The molecule has 0 radical (unpaired) electrons. The largest absolute Gasteiger partial charge is 0.468 e. The normalized spacial score (nSPS) is 11.1. The summed E-state index contributed by atoms with van der Waals surface area (Å²) in [6.45, 7) is 5.76. The van der Waals surface area contributed by atoms with Crippen molar-refractivity contribution in [3.05, 3.63) is 65.2 Å². The first kappa shape index (κ1) is 12.9. The van der Waals surface area contributed by atoms with E-state index in [0.717, 1.165) is 30.1 Å². The Hall–Kier alpha value is -2.13. The highest BCUT2D eigenvalue weighted by molar-refractivity contribution is 5.83. The van der Waals surface area contributed by atoms with Gasteiger partial charge in [-0.3, -0.25) is 4.98 Å². The van der Waals surface area contributed by atoms with Crippen LogP contribution in [0.15, 0.2) is 47.1 Å². The van der Waals surface area contributed by atoms with Gasteiger partial charge in [0.2, 0.25) is 0 Å². The first-order valence-corrected chi connectivity index (χ1v) is 6.83. The molecule has 0 atom stereocenters. The molecule has 0 saturated carbocycles. The van der Waals surface area contributed by atoms with Gasteiger partial charge in [-0.05, 0) is 43.2 Å². The first-order chi connectivity index (χ1) is 9.75. The lowest BCUT2D eigenvalue weighted by Gasteiger charge is -2.13. The Morgan fingerprint density at radius 2 is 1.90 bits per heavy atom. The van der Waals surface area contributed by atoms with Crippen molar-refractivity contribution in [2.45, 2.75) is 26.9 Å². The molecular formula is C17H18N2O. The van der Waals surface area contributed by atoms with Crippen molar-refractivity contribution in [2.24, 2.45) is 0 Å². The number of nitrogens with zero attached hydrogens (tertiary/aromatic N) is 1. The summed E-state index contributed by atoms with van der Waals surface area (Å²) in [5, 5.41) is 4.67. The van der Waals surface area contributed by atoms with Gasteiger partial charge >= 0.3 is 0 Å². The molecule has 102 valence electrons. The lowest BCUT2D eigenvalue weighted by atomic mass is 10.0. The van der Waals surface area contributed by atoms with Crippen LogP contribution in [-0.2, 0) is 13.1 Å². The lowest BCUT2D eigenvalue weighted by molar-refractivity contribution is 0.483. The maximum absolute atomic E-state index is 5.34. The van der Waals surface area contributed by atoms with Gasteiger partial charge in [-0.2, -0.15) is 0 Å². The molecule has 0 fully saturated rings. The summed E-state index contributed by atoms with van der Waals surface area (Å²) in [6.07, 6.45) is 1.70. The van der Waals surface area contributed by atoms with Gasteiger partial charge in [0.05, 0.1) is 18.3 Å². The molecule has 3 rings (SSSR count). The molecule has 0 bridgehead atoms. The topological polar surface area (TPSA) is 38.1 Å². The van der Waals surface area contributed by atoms with Crippen LogP contribution in [0, 0.1) is 13.8 Å². The molecule has 3 aromatic rings. The molecule has 2 heterocycles. The van der Waals surface area contributed by atoms with E-state index in [1.165, 1.54) is 16.5 Å². The zero-order valence-electron chi connectivity index (χ0n) is 11.8. The van der Waals surface area contributed by atoms with Crippen LogP contribution < -0.4 is 5.32 Å². The van der Waals surface area contributed by atoms with E-state index in [4.69, 9.17) is 4.42 Å². The Morgan fingerprint density at radius 3 is 2.70 bits per heavy atom. The van der Waals surface area contributed by atoms with Crippen LogP contribution in [0.3, 0.4) is 0 Å². The van der Waals surface area contributed by atoms with Crippen LogP contribution in [0.25, 0.3) is 10.9 Å². The molecule has 2 aromatic heterocycles. The number of fused-ring (bicyclic) bond motifs is 1.